The highest BCUT2D eigenvalue weighted by atomic mass is 79.9. The highest BCUT2D eigenvalue weighted by Crippen LogP contribution is 2.29. The van der Waals surface area contributed by atoms with Gasteiger partial charge in [0.2, 0.25) is 0 Å². The van der Waals surface area contributed by atoms with Gasteiger partial charge in [0.25, 0.3) is 0 Å². The summed E-state index contributed by atoms with van der Waals surface area (Å²) in [5.74, 6) is 2.03. The number of imidazole rings is 1. The number of piperidine rings is 1. The van der Waals surface area contributed by atoms with Crippen molar-refractivity contribution in [2.45, 2.75) is 18.8 Å². The third kappa shape index (κ3) is 1.81. The number of rotatable bonds is 1. The second kappa shape index (κ2) is 4.27. The lowest BCUT2D eigenvalue weighted by molar-refractivity contribution is 0.445. The van der Waals surface area contributed by atoms with Crippen LogP contribution in [-0.2, 0) is 0 Å². The molecule has 1 saturated heterocycles. The highest BCUT2D eigenvalue weighted by molar-refractivity contribution is 9.10. The van der Waals surface area contributed by atoms with Crippen LogP contribution in [0.5, 0.6) is 0 Å². The van der Waals surface area contributed by atoms with E-state index in [2.05, 4.69) is 31.2 Å². The summed E-state index contributed by atoms with van der Waals surface area (Å²) < 4.78 is 2.83. The van der Waals surface area contributed by atoms with Gasteiger partial charge in [-0.2, -0.15) is 0 Å². The number of anilines is 1. The predicted octanol–water partition coefficient (Wildman–Crippen LogP) is 1.54. The second-order valence-electron chi connectivity index (χ2n) is 4.34. The van der Waals surface area contributed by atoms with E-state index in [4.69, 9.17) is 5.73 Å². The Hall–Kier alpha value is -1.14. The first-order valence-electron chi connectivity index (χ1n) is 5.76. The van der Waals surface area contributed by atoms with Crippen molar-refractivity contribution in [1.82, 2.24) is 19.7 Å². The summed E-state index contributed by atoms with van der Waals surface area (Å²) in [4.78, 5) is 8.69. The molecule has 0 aromatic carbocycles. The molecule has 6 heteroatoms. The SMILES string of the molecule is Nc1nccn2c([C@H]3CCCNC3)nc(Br)c12. The first-order chi connectivity index (χ1) is 8.27. The van der Waals surface area contributed by atoms with Crippen LogP contribution in [0, 0.1) is 0 Å². The van der Waals surface area contributed by atoms with Crippen LogP contribution in [0.2, 0.25) is 0 Å². The lowest BCUT2D eigenvalue weighted by atomic mass is 9.99. The van der Waals surface area contributed by atoms with Crippen LogP contribution in [0.15, 0.2) is 17.0 Å². The third-order valence-corrected chi connectivity index (χ3v) is 3.78. The number of nitrogens with two attached hydrogens (primary N) is 1. The third-order valence-electron chi connectivity index (χ3n) is 3.23. The molecular weight excluding hydrogens is 282 g/mol. The van der Waals surface area contributed by atoms with Crippen LogP contribution in [0.1, 0.15) is 24.6 Å². The molecule has 0 amide bonds. The molecule has 3 N–H and O–H groups in total. The normalized spacial score (nSPS) is 20.9. The predicted molar refractivity (Wildman–Crippen MR) is 69.9 cm³/mol. The number of nitrogen functional groups attached to an aromatic ring is 1. The van der Waals surface area contributed by atoms with Crippen LogP contribution in [0.4, 0.5) is 5.82 Å². The summed E-state index contributed by atoms with van der Waals surface area (Å²) in [5, 5.41) is 3.41. The average molecular weight is 296 g/mol. The molecule has 0 radical (unpaired) electrons. The van der Waals surface area contributed by atoms with Gasteiger partial charge < -0.3 is 11.1 Å². The van der Waals surface area contributed by atoms with E-state index in [0.717, 1.165) is 29.0 Å². The van der Waals surface area contributed by atoms with Crippen molar-refractivity contribution in [3.63, 3.8) is 0 Å². The fourth-order valence-corrected chi connectivity index (χ4v) is 2.98. The lowest BCUT2D eigenvalue weighted by Crippen LogP contribution is -2.29. The van der Waals surface area contributed by atoms with Crippen molar-refractivity contribution in [3.05, 3.63) is 22.8 Å². The van der Waals surface area contributed by atoms with E-state index in [-0.39, 0.29) is 0 Å². The molecule has 90 valence electrons. The fourth-order valence-electron chi connectivity index (χ4n) is 2.40. The van der Waals surface area contributed by atoms with E-state index < -0.39 is 0 Å². The Bertz CT molecular complexity index is 544. The van der Waals surface area contributed by atoms with Crippen molar-refractivity contribution >= 4 is 27.3 Å². The number of halogens is 1. The summed E-state index contributed by atoms with van der Waals surface area (Å²) in [5.41, 5.74) is 6.75. The van der Waals surface area contributed by atoms with Gasteiger partial charge in [-0.05, 0) is 35.3 Å². The Kier molecular flexibility index (Phi) is 2.76. The Balaban J connectivity index is 2.13. The number of aromatic nitrogens is 3. The Morgan fingerprint density at radius 2 is 2.41 bits per heavy atom. The largest absolute Gasteiger partial charge is 0.382 e. The maximum atomic E-state index is 5.88. The van der Waals surface area contributed by atoms with Crippen LogP contribution in [-0.4, -0.2) is 27.5 Å². The zero-order chi connectivity index (χ0) is 11.8. The van der Waals surface area contributed by atoms with Crippen LogP contribution in [0.3, 0.4) is 0 Å². The molecule has 2 aromatic heterocycles. The summed E-state index contributed by atoms with van der Waals surface area (Å²) in [6.45, 7) is 2.08. The molecule has 1 aliphatic heterocycles. The van der Waals surface area contributed by atoms with Crippen LogP contribution in [0.25, 0.3) is 5.52 Å². The van der Waals surface area contributed by atoms with Crippen molar-refractivity contribution in [1.29, 1.82) is 0 Å². The Morgan fingerprint density at radius 1 is 1.53 bits per heavy atom. The lowest BCUT2D eigenvalue weighted by Gasteiger charge is -2.21. The molecule has 3 heterocycles. The van der Waals surface area contributed by atoms with Crippen molar-refractivity contribution in [2.24, 2.45) is 0 Å². The van der Waals surface area contributed by atoms with Gasteiger partial charge in [-0.25, -0.2) is 9.97 Å². The number of fused-ring (bicyclic) bond motifs is 1. The quantitative estimate of drug-likeness (QED) is 0.837. The minimum atomic E-state index is 0.448. The number of nitrogens with zero attached hydrogens (tertiary/aromatic N) is 3. The van der Waals surface area contributed by atoms with Gasteiger partial charge in [0.1, 0.15) is 15.9 Å². The minimum Gasteiger partial charge on any atom is -0.382 e. The van der Waals surface area contributed by atoms with E-state index in [0.29, 0.717) is 11.7 Å². The van der Waals surface area contributed by atoms with Crippen molar-refractivity contribution in [3.8, 4) is 0 Å². The molecule has 2 aromatic rings. The smallest absolute Gasteiger partial charge is 0.150 e. The van der Waals surface area contributed by atoms with E-state index >= 15 is 0 Å². The molecule has 1 fully saturated rings. The topological polar surface area (TPSA) is 68.2 Å². The molecule has 5 nitrogen and oxygen atoms in total. The van der Waals surface area contributed by atoms with Crippen molar-refractivity contribution < 1.29 is 0 Å². The summed E-state index contributed by atoms with van der Waals surface area (Å²) in [6.07, 6.45) is 6.00. The maximum Gasteiger partial charge on any atom is 0.150 e. The van der Waals surface area contributed by atoms with E-state index in [9.17, 15) is 0 Å². The standard InChI is InChI=1S/C11H14BrN5/c12-9-8-10(13)15-4-5-17(8)11(16-9)7-2-1-3-14-6-7/h4-5,7,14H,1-3,6H2,(H2,13,15)/t7-/m0/s1. The monoisotopic (exact) mass is 295 g/mol. The number of nitrogens with one attached hydrogen (secondary N) is 1. The first kappa shape index (κ1) is 11.0. The average Bonchev–Trinajstić information content (AvgIpc) is 2.69. The number of hydrogen-bond acceptors (Lipinski definition) is 4. The van der Waals surface area contributed by atoms with Crippen LogP contribution >= 0.6 is 15.9 Å². The molecule has 0 saturated carbocycles. The van der Waals surface area contributed by atoms with Crippen LogP contribution < -0.4 is 11.1 Å². The molecule has 1 aliphatic rings. The summed E-state index contributed by atoms with van der Waals surface area (Å²) in [6, 6.07) is 0. The molecule has 3 rings (SSSR count). The van der Waals surface area contributed by atoms with Gasteiger partial charge in [-0.15, -0.1) is 0 Å². The maximum absolute atomic E-state index is 5.88. The first-order valence-corrected chi connectivity index (χ1v) is 6.55. The number of hydrogen-bond donors (Lipinski definition) is 2. The van der Waals surface area contributed by atoms with Gasteiger partial charge in [0.15, 0.2) is 5.82 Å². The highest BCUT2D eigenvalue weighted by Gasteiger charge is 2.22. The summed E-state index contributed by atoms with van der Waals surface area (Å²) >= 11 is 3.46. The molecule has 17 heavy (non-hydrogen) atoms. The molecule has 0 bridgehead atoms. The fraction of sp³-hybridized carbons (Fsp3) is 0.455. The van der Waals surface area contributed by atoms with Gasteiger partial charge in [0, 0.05) is 24.9 Å². The molecular formula is C11H14BrN5. The Morgan fingerprint density at radius 3 is 3.18 bits per heavy atom. The van der Waals surface area contributed by atoms with Gasteiger partial charge in [-0.1, -0.05) is 0 Å². The zero-order valence-electron chi connectivity index (χ0n) is 9.36. The van der Waals surface area contributed by atoms with Crippen molar-refractivity contribution in [2.75, 3.05) is 18.8 Å². The molecule has 0 unspecified atom stereocenters. The van der Waals surface area contributed by atoms with E-state index in [1.165, 1.54) is 12.8 Å². The zero-order valence-corrected chi connectivity index (χ0v) is 10.9. The molecule has 0 aliphatic carbocycles. The molecule has 0 spiro atoms. The Labute approximate surface area is 108 Å². The van der Waals surface area contributed by atoms with Gasteiger partial charge in [-0.3, -0.25) is 4.40 Å². The molecule has 1 atom stereocenters. The second-order valence-corrected chi connectivity index (χ2v) is 5.09. The van der Waals surface area contributed by atoms with E-state index in [1.807, 2.05) is 10.6 Å². The van der Waals surface area contributed by atoms with Gasteiger partial charge in [0.05, 0.1) is 0 Å². The van der Waals surface area contributed by atoms with E-state index in [1.54, 1.807) is 6.20 Å². The summed E-state index contributed by atoms with van der Waals surface area (Å²) in [7, 11) is 0. The minimum absolute atomic E-state index is 0.448. The van der Waals surface area contributed by atoms with Gasteiger partial charge >= 0.3 is 0 Å².